The maximum atomic E-state index is 4.67. The molecule has 0 aliphatic rings. The number of para-hydroxylation sites is 1. The van der Waals surface area contributed by atoms with Crippen molar-refractivity contribution in [1.29, 1.82) is 0 Å². The second kappa shape index (κ2) is 8.47. The molecule has 0 saturated heterocycles. The van der Waals surface area contributed by atoms with Gasteiger partial charge < -0.3 is 10.2 Å². The second-order valence-electron chi connectivity index (χ2n) is 5.53. The molecule has 21 heavy (non-hydrogen) atoms. The molecule has 1 unspecified atom stereocenters. The quantitative estimate of drug-likeness (QED) is 0.761. The highest BCUT2D eigenvalue weighted by molar-refractivity contribution is 7.18. The zero-order valence-corrected chi connectivity index (χ0v) is 14.2. The van der Waals surface area contributed by atoms with E-state index in [9.17, 15) is 0 Å². The Kier molecular flexibility index (Phi) is 6.61. The lowest BCUT2D eigenvalue weighted by Crippen LogP contribution is -2.28. The third-order valence-electron chi connectivity index (χ3n) is 3.95. The smallest absolute Gasteiger partial charge is 0.108 e. The largest absolute Gasteiger partial charge is 0.308 e. The summed E-state index contributed by atoms with van der Waals surface area (Å²) in [4.78, 5) is 7.15. The van der Waals surface area contributed by atoms with Crippen LogP contribution in [0.25, 0.3) is 10.2 Å². The summed E-state index contributed by atoms with van der Waals surface area (Å²) in [5, 5.41) is 4.79. The number of aromatic nitrogens is 1. The van der Waals surface area contributed by atoms with Gasteiger partial charge in [0.15, 0.2) is 0 Å². The predicted octanol–water partition coefficient (Wildman–Crippen LogP) is 3.90. The van der Waals surface area contributed by atoms with Gasteiger partial charge in [-0.05, 0) is 51.5 Å². The van der Waals surface area contributed by atoms with Crippen LogP contribution in [-0.4, -0.2) is 35.6 Å². The average Bonchev–Trinajstić information content (AvgIpc) is 2.92. The molecule has 0 bridgehead atoms. The summed E-state index contributed by atoms with van der Waals surface area (Å²) in [6, 6.07) is 8.91. The maximum absolute atomic E-state index is 4.67. The molecule has 0 aliphatic heterocycles. The minimum absolute atomic E-state index is 0.549. The van der Waals surface area contributed by atoms with Gasteiger partial charge in [-0.15, -0.1) is 11.3 Å². The van der Waals surface area contributed by atoms with Gasteiger partial charge in [0, 0.05) is 12.6 Å². The van der Waals surface area contributed by atoms with Crippen molar-refractivity contribution in [3.63, 3.8) is 0 Å². The summed E-state index contributed by atoms with van der Waals surface area (Å²) < 4.78 is 1.28. The fourth-order valence-corrected chi connectivity index (χ4v) is 3.44. The van der Waals surface area contributed by atoms with Gasteiger partial charge >= 0.3 is 0 Å². The molecule has 0 aliphatic carbocycles. The Bertz CT molecular complexity index is 501. The Morgan fingerprint density at radius 3 is 2.71 bits per heavy atom. The van der Waals surface area contributed by atoms with Crippen LogP contribution in [0.3, 0.4) is 0 Å². The van der Waals surface area contributed by atoms with Crippen LogP contribution in [0.2, 0.25) is 0 Å². The number of hydrogen-bond acceptors (Lipinski definition) is 4. The number of thiazole rings is 1. The maximum Gasteiger partial charge on any atom is 0.108 e. The fourth-order valence-electron chi connectivity index (χ4n) is 2.52. The van der Waals surface area contributed by atoms with Crippen LogP contribution in [0, 0.1) is 0 Å². The van der Waals surface area contributed by atoms with Gasteiger partial charge in [-0.25, -0.2) is 4.98 Å². The molecule has 1 aromatic carbocycles. The highest BCUT2D eigenvalue weighted by Gasteiger charge is 2.06. The number of rotatable bonds is 9. The Balaban J connectivity index is 1.72. The van der Waals surface area contributed by atoms with Gasteiger partial charge in [0.1, 0.15) is 5.01 Å². The first-order valence-corrected chi connectivity index (χ1v) is 8.84. The van der Waals surface area contributed by atoms with E-state index in [2.05, 4.69) is 60.2 Å². The molecule has 0 saturated carbocycles. The van der Waals surface area contributed by atoms with E-state index >= 15 is 0 Å². The van der Waals surface area contributed by atoms with Gasteiger partial charge in [0.25, 0.3) is 0 Å². The molecule has 0 amide bonds. The van der Waals surface area contributed by atoms with Gasteiger partial charge in [-0.1, -0.05) is 26.0 Å². The molecule has 0 radical (unpaired) electrons. The monoisotopic (exact) mass is 305 g/mol. The van der Waals surface area contributed by atoms with Crippen molar-refractivity contribution in [2.75, 3.05) is 19.6 Å². The zero-order valence-electron chi connectivity index (χ0n) is 13.4. The van der Waals surface area contributed by atoms with Gasteiger partial charge in [0.2, 0.25) is 0 Å². The van der Waals surface area contributed by atoms with E-state index in [1.54, 1.807) is 11.3 Å². The van der Waals surface area contributed by atoms with E-state index in [0.29, 0.717) is 6.04 Å². The molecular weight excluding hydrogens is 278 g/mol. The molecule has 0 fully saturated rings. The molecular formula is C17H27N3S. The molecule has 1 heterocycles. The summed E-state index contributed by atoms with van der Waals surface area (Å²) >= 11 is 1.79. The summed E-state index contributed by atoms with van der Waals surface area (Å²) in [6.45, 7) is 11.1. The standard InChI is InChI=1S/C17H27N3S/c1-4-20(5-2)12-8-9-14(3)18-13-17-19-15-10-6-7-11-16(15)21-17/h6-7,10-11,14,18H,4-5,8-9,12-13H2,1-3H3. The first-order valence-electron chi connectivity index (χ1n) is 8.03. The number of nitrogens with one attached hydrogen (secondary N) is 1. The minimum Gasteiger partial charge on any atom is -0.308 e. The molecule has 4 heteroatoms. The van der Waals surface area contributed by atoms with E-state index < -0.39 is 0 Å². The lowest BCUT2D eigenvalue weighted by molar-refractivity contribution is 0.290. The number of benzene rings is 1. The lowest BCUT2D eigenvalue weighted by atomic mass is 10.2. The van der Waals surface area contributed by atoms with E-state index in [4.69, 9.17) is 0 Å². The van der Waals surface area contributed by atoms with E-state index in [-0.39, 0.29) is 0 Å². The van der Waals surface area contributed by atoms with Crippen molar-refractivity contribution in [3.05, 3.63) is 29.3 Å². The molecule has 1 N–H and O–H groups in total. The summed E-state index contributed by atoms with van der Waals surface area (Å²) in [5.74, 6) is 0. The first kappa shape index (κ1) is 16.4. The van der Waals surface area contributed by atoms with Crippen LogP contribution >= 0.6 is 11.3 Å². The van der Waals surface area contributed by atoms with Gasteiger partial charge in [0.05, 0.1) is 10.2 Å². The van der Waals surface area contributed by atoms with E-state index in [1.165, 1.54) is 29.1 Å². The number of nitrogens with zero attached hydrogens (tertiary/aromatic N) is 2. The van der Waals surface area contributed by atoms with Crippen LogP contribution in [0.1, 0.15) is 38.6 Å². The topological polar surface area (TPSA) is 28.2 Å². The van der Waals surface area contributed by atoms with Crippen LogP contribution < -0.4 is 5.32 Å². The molecule has 1 atom stereocenters. The Morgan fingerprint density at radius 2 is 2.00 bits per heavy atom. The normalized spacial score (nSPS) is 13.1. The summed E-state index contributed by atoms with van der Waals surface area (Å²) in [5.41, 5.74) is 1.12. The molecule has 1 aromatic heterocycles. The van der Waals surface area contributed by atoms with Crippen molar-refractivity contribution in [2.24, 2.45) is 0 Å². The molecule has 0 spiro atoms. The first-order chi connectivity index (χ1) is 10.2. The lowest BCUT2D eigenvalue weighted by Gasteiger charge is -2.19. The SMILES string of the molecule is CCN(CC)CCCC(C)NCc1nc2ccccc2s1. The van der Waals surface area contributed by atoms with Crippen LogP contribution in [-0.2, 0) is 6.54 Å². The van der Waals surface area contributed by atoms with Crippen molar-refractivity contribution in [2.45, 2.75) is 46.2 Å². The average molecular weight is 305 g/mol. The zero-order chi connectivity index (χ0) is 15.1. The van der Waals surface area contributed by atoms with Crippen molar-refractivity contribution < 1.29 is 0 Å². The number of fused-ring (bicyclic) bond motifs is 1. The Labute approximate surface area is 132 Å². The number of hydrogen-bond donors (Lipinski definition) is 1. The van der Waals surface area contributed by atoms with E-state index in [0.717, 1.165) is 25.2 Å². The predicted molar refractivity (Wildman–Crippen MR) is 92.9 cm³/mol. The van der Waals surface area contributed by atoms with Crippen LogP contribution in [0.15, 0.2) is 24.3 Å². The fraction of sp³-hybridized carbons (Fsp3) is 0.588. The molecule has 3 nitrogen and oxygen atoms in total. The minimum atomic E-state index is 0.549. The van der Waals surface area contributed by atoms with Crippen molar-refractivity contribution in [3.8, 4) is 0 Å². The van der Waals surface area contributed by atoms with Crippen molar-refractivity contribution in [1.82, 2.24) is 15.2 Å². The molecule has 2 rings (SSSR count). The van der Waals surface area contributed by atoms with Crippen LogP contribution in [0.4, 0.5) is 0 Å². The van der Waals surface area contributed by atoms with Gasteiger partial charge in [-0.2, -0.15) is 0 Å². The van der Waals surface area contributed by atoms with Crippen LogP contribution in [0.5, 0.6) is 0 Å². The Morgan fingerprint density at radius 1 is 1.24 bits per heavy atom. The molecule has 116 valence electrons. The van der Waals surface area contributed by atoms with E-state index in [1.807, 2.05) is 0 Å². The Hall–Kier alpha value is -0.970. The highest BCUT2D eigenvalue weighted by Crippen LogP contribution is 2.21. The third kappa shape index (κ3) is 5.06. The van der Waals surface area contributed by atoms with Crippen molar-refractivity contribution >= 4 is 21.6 Å². The van der Waals surface area contributed by atoms with Gasteiger partial charge in [-0.3, -0.25) is 0 Å². The third-order valence-corrected chi connectivity index (χ3v) is 4.98. The highest BCUT2D eigenvalue weighted by atomic mass is 32.1. The summed E-state index contributed by atoms with van der Waals surface area (Å²) in [7, 11) is 0. The molecule has 2 aromatic rings. The second-order valence-corrected chi connectivity index (χ2v) is 6.64. The summed E-state index contributed by atoms with van der Waals surface area (Å²) in [6.07, 6.45) is 2.48.